The lowest BCUT2D eigenvalue weighted by molar-refractivity contribution is 0.396. The predicted octanol–water partition coefficient (Wildman–Crippen LogP) is 1.89. The Hall–Kier alpha value is -1.42. The van der Waals surface area contributed by atoms with Crippen LogP contribution < -0.4 is 9.46 Å². The van der Waals surface area contributed by atoms with E-state index in [9.17, 15) is 16.8 Å². The Morgan fingerprint density at radius 1 is 1.35 bits per heavy atom. The van der Waals surface area contributed by atoms with Crippen molar-refractivity contribution in [1.82, 2.24) is 9.03 Å². The summed E-state index contributed by atoms with van der Waals surface area (Å²) < 4.78 is 58.0. The van der Waals surface area contributed by atoms with E-state index in [0.717, 1.165) is 11.0 Å². The molecule has 1 atom stereocenters. The average molecular weight is 403 g/mol. The first-order valence-corrected chi connectivity index (χ1v) is 11.4. The van der Waals surface area contributed by atoms with Gasteiger partial charge in [-0.05, 0) is 36.0 Å². The number of rotatable bonds is 8. The molecule has 2 rings (SSSR count). The molecule has 0 saturated carbocycles. The SMILES string of the molecule is C=CS(=O)(=O)NCC1CCN(S(=O)(=O)c2ccc(C(C)C)cc2OC)C1. The molecule has 1 saturated heterocycles. The van der Waals surface area contributed by atoms with Gasteiger partial charge in [-0.25, -0.2) is 21.6 Å². The van der Waals surface area contributed by atoms with Gasteiger partial charge in [0.05, 0.1) is 7.11 Å². The van der Waals surface area contributed by atoms with Gasteiger partial charge in [-0.15, -0.1) is 0 Å². The van der Waals surface area contributed by atoms with E-state index in [4.69, 9.17) is 4.74 Å². The topological polar surface area (TPSA) is 92.8 Å². The minimum Gasteiger partial charge on any atom is -0.495 e. The summed E-state index contributed by atoms with van der Waals surface area (Å²) in [6.45, 7) is 8.08. The summed E-state index contributed by atoms with van der Waals surface area (Å²) in [6, 6.07) is 5.13. The fraction of sp³-hybridized carbons (Fsp3) is 0.529. The van der Waals surface area contributed by atoms with Crippen LogP contribution in [0.4, 0.5) is 0 Å². The molecular formula is C17H26N2O5S2. The fourth-order valence-corrected chi connectivity index (χ4v) is 5.12. The largest absolute Gasteiger partial charge is 0.495 e. The van der Waals surface area contributed by atoms with E-state index in [1.165, 1.54) is 11.4 Å². The molecule has 26 heavy (non-hydrogen) atoms. The Morgan fingerprint density at radius 3 is 2.62 bits per heavy atom. The molecule has 146 valence electrons. The predicted molar refractivity (Wildman–Crippen MR) is 101 cm³/mol. The molecule has 1 N–H and O–H groups in total. The molecule has 1 aliphatic heterocycles. The maximum absolute atomic E-state index is 13.0. The minimum absolute atomic E-state index is 0.0829. The van der Waals surface area contributed by atoms with Crippen LogP contribution in [0.1, 0.15) is 31.7 Å². The first kappa shape index (κ1) is 20.9. The smallest absolute Gasteiger partial charge is 0.246 e. The minimum atomic E-state index is -3.71. The molecule has 0 amide bonds. The van der Waals surface area contributed by atoms with Crippen molar-refractivity contribution in [2.45, 2.75) is 31.1 Å². The van der Waals surface area contributed by atoms with Crippen molar-refractivity contribution < 1.29 is 21.6 Å². The third-order valence-corrected chi connectivity index (χ3v) is 7.43. The van der Waals surface area contributed by atoms with Crippen LogP contribution in [-0.2, 0) is 20.0 Å². The second-order valence-corrected chi connectivity index (χ2v) is 10.3. The maximum Gasteiger partial charge on any atom is 0.246 e. The van der Waals surface area contributed by atoms with Crippen LogP contribution in [0.25, 0.3) is 0 Å². The summed E-state index contributed by atoms with van der Waals surface area (Å²) in [7, 11) is -5.76. The van der Waals surface area contributed by atoms with Gasteiger partial charge in [0.15, 0.2) is 0 Å². The number of benzene rings is 1. The summed E-state index contributed by atoms with van der Waals surface area (Å²) in [6.07, 6.45) is 0.589. The van der Waals surface area contributed by atoms with Crippen molar-refractivity contribution in [2.75, 3.05) is 26.7 Å². The van der Waals surface area contributed by atoms with E-state index < -0.39 is 20.0 Å². The Morgan fingerprint density at radius 2 is 2.04 bits per heavy atom. The molecule has 0 bridgehead atoms. The monoisotopic (exact) mass is 402 g/mol. The van der Waals surface area contributed by atoms with Crippen molar-refractivity contribution in [3.05, 3.63) is 35.7 Å². The Balaban J connectivity index is 2.17. The summed E-state index contributed by atoms with van der Waals surface area (Å²) in [5.74, 6) is 0.502. The van der Waals surface area contributed by atoms with Crippen LogP contribution in [0, 0.1) is 5.92 Å². The van der Waals surface area contributed by atoms with Crippen LogP contribution >= 0.6 is 0 Å². The van der Waals surface area contributed by atoms with Crippen LogP contribution in [0.2, 0.25) is 0 Å². The number of ether oxygens (including phenoxy) is 1. The molecule has 1 unspecified atom stereocenters. The lowest BCUT2D eigenvalue weighted by Gasteiger charge is -2.19. The standard InChI is InChI=1S/C17H26N2O5S2/c1-5-25(20,21)18-11-14-8-9-19(12-14)26(22,23)17-7-6-15(13(2)3)10-16(17)24-4/h5-7,10,13-14,18H,1,8-9,11-12H2,2-4H3. The Bertz CT molecular complexity index is 863. The van der Waals surface area contributed by atoms with Crippen LogP contribution in [0.15, 0.2) is 35.1 Å². The van der Waals surface area contributed by atoms with Crippen molar-refractivity contribution in [1.29, 1.82) is 0 Å². The quantitative estimate of drug-likeness (QED) is 0.717. The number of sulfonamides is 2. The average Bonchev–Trinajstić information content (AvgIpc) is 3.09. The van der Waals surface area contributed by atoms with Crippen molar-refractivity contribution in [3.8, 4) is 5.75 Å². The first-order valence-electron chi connectivity index (χ1n) is 8.41. The molecule has 1 aromatic carbocycles. The number of nitrogens with zero attached hydrogens (tertiary/aromatic N) is 1. The molecule has 1 heterocycles. The van der Waals surface area contributed by atoms with Gasteiger partial charge in [0.25, 0.3) is 0 Å². The van der Waals surface area contributed by atoms with E-state index in [0.29, 0.717) is 18.7 Å². The van der Waals surface area contributed by atoms with Crippen LogP contribution in [-0.4, -0.2) is 47.9 Å². The highest BCUT2D eigenvalue weighted by Gasteiger charge is 2.34. The molecule has 1 aliphatic rings. The van der Waals surface area contributed by atoms with E-state index in [-0.39, 0.29) is 29.8 Å². The Kier molecular flexibility index (Phi) is 6.49. The molecule has 7 nitrogen and oxygen atoms in total. The summed E-state index contributed by atoms with van der Waals surface area (Å²) in [5.41, 5.74) is 0.999. The van der Waals surface area contributed by atoms with Crippen molar-refractivity contribution >= 4 is 20.0 Å². The second-order valence-electron chi connectivity index (χ2n) is 6.64. The van der Waals surface area contributed by atoms with E-state index in [2.05, 4.69) is 11.3 Å². The zero-order valence-electron chi connectivity index (χ0n) is 15.3. The third-order valence-electron chi connectivity index (χ3n) is 4.51. The second kappa shape index (κ2) is 8.08. The van der Waals surface area contributed by atoms with Gasteiger partial charge in [0.1, 0.15) is 10.6 Å². The third kappa shape index (κ3) is 4.64. The van der Waals surface area contributed by atoms with Crippen molar-refractivity contribution in [2.24, 2.45) is 5.92 Å². The highest BCUT2D eigenvalue weighted by molar-refractivity contribution is 7.92. The molecule has 0 radical (unpaired) electrons. The van der Waals surface area contributed by atoms with Crippen LogP contribution in [0.5, 0.6) is 5.75 Å². The lowest BCUT2D eigenvalue weighted by Crippen LogP contribution is -2.32. The first-order chi connectivity index (χ1) is 12.1. The van der Waals surface area contributed by atoms with Gasteiger partial charge >= 0.3 is 0 Å². The van der Waals surface area contributed by atoms with Gasteiger partial charge in [-0.3, -0.25) is 0 Å². The molecule has 9 heteroatoms. The van der Waals surface area contributed by atoms with Gasteiger partial charge < -0.3 is 4.74 Å². The summed E-state index contributed by atoms with van der Waals surface area (Å²) in [4.78, 5) is 0.136. The zero-order chi connectivity index (χ0) is 19.5. The number of hydrogen-bond donors (Lipinski definition) is 1. The van der Waals surface area contributed by atoms with E-state index >= 15 is 0 Å². The van der Waals surface area contributed by atoms with Gasteiger partial charge in [-0.1, -0.05) is 26.5 Å². The fourth-order valence-electron chi connectivity index (χ4n) is 2.87. The number of hydrogen-bond acceptors (Lipinski definition) is 5. The van der Waals surface area contributed by atoms with Gasteiger partial charge in [0, 0.05) is 25.0 Å². The molecular weight excluding hydrogens is 376 g/mol. The van der Waals surface area contributed by atoms with E-state index in [1.807, 2.05) is 13.8 Å². The summed E-state index contributed by atoms with van der Waals surface area (Å²) in [5, 5.41) is 0.845. The van der Waals surface area contributed by atoms with Crippen molar-refractivity contribution in [3.63, 3.8) is 0 Å². The molecule has 1 fully saturated rings. The molecule has 0 spiro atoms. The highest BCUT2D eigenvalue weighted by Crippen LogP contribution is 2.32. The van der Waals surface area contributed by atoms with Gasteiger partial charge in [-0.2, -0.15) is 4.31 Å². The van der Waals surface area contributed by atoms with Gasteiger partial charge in [0.2, 0.25) is 20.0 Å². The normalized spacial score (nSPS) is 19.0. The summed E-state index contributed by atoms with van der Waals surface area (Å²) >= 11 is 0. The highest BCUT2D eigenvalue weighted by atomic mass is 32.2. The molecule has 1 aromatic rings. The van der Waals surface area contributed by atoms with E-state index in [1.54, 1.807) is 18.2 Å². The molecule has 0 aliphatic carbocycles. The number of methoxy groups -OCH3 is 1. The lowest BCUT2D eigenvalue weighted by atomic mass is 10.0. The van der Waals surface area contributed by atoms with Crippen LogP contribution in [0.3, 0.4) is 0 Å². The molecule has 0 aromatic heterocycles. The zero-order valence-corrected chi connectivity index (χ0v) is 16.9. The maximum atomic E-state index is 13.0. The Labute approximate surface area is 156 Å². The number of nitrogens with one attached hydrogen (secondary N) is 1.